The lowest BCUT2D eigenvalue weighted by Gasteiger charge is -2.29. The SMILES string of the molecule is Cc1nnc2n1CCN(C(=O)C1CCN(c3ccc(F)cc3)C1=O)C2. The smallest absolute Gasteiger partial charge is 0.239 e. The van der Waals surface area contributed by atoms with Gasteiger partial charge in [-0.05, 0) is 37.6 Å². The maximum atomic E-state index is 13.1. The number of aromatic nitrogens is 3. The minimum absolute atomic E-state index is 0.165. The molecule has 1 aromatic heterocycles. The molecule has 1 saturated heterocycles. The van der Waals surface area contributed by atoms with Crippen LogP contribution in [0.25, 0.3) is 0 Å². The summed E-state index contributed by atoms with van der Waals surface area (Å²) in [6.07, 6.45) is 0.470. The number of benzene rings is 1. The highest BCUT2D eigenvalue weighted by molar-refractivity contribution is 6.09. The second-order valence-corrected chi connectivity index (χ2v) is 6.38. The van der Waals surface area contributed by atoms with Crippen molar-refractivity contribution in [2.45, 2.75) is 26.4 Å². The first-order valence-electron chi connectivity index (χ1n) is 8.29. The van der Waals surface area contributed by atoms with E-state index in [1.807, 2.05) is 11.5 Å². The molecule has 8 heteroatoms. The number of fused-ring (bicyclic) bond motifs is 1. The number of rotatable bonds is 2. The summed E-state index contributed by atoms with van der Waals surface area (Å²) in [4.78, 5) is 28.7. The van der Waals surface area contributed by atoms with Crippen LogP contribution >= 0.6 is 0 Å². The van der Waals surface area contributed by atoms with Gasteiger partial charge in [0.1, 0.15) is 17.6 Å². The molecule has 2 aliphatic rings. The van der Waals surface area contributed by atoms with Gasteiger partial charge in [0.2, 0.25) is 11.8 Å². The summed E-state index contributed by atoms with van der Waals surface area (Å²) in [7, 11) is 0. The molecule has 0 aliphatic carbocycles. The van der Waals surface area contributed by atoms with Gasteiger partial charge in [-0.1, -0.05) is 0 Å². The van der Waals surface area contributed by atoms with Gasteiger partial charge >= 0.3 is 0 Å². The van der Waals surface area contributed by atoms with Crippen molar-refractivity contribution in [1.82, 2.24) is 19.7 Å². The van der Waals surface area contributed by atoms with Crippen molar-refractivity contribution in [3.05, 3.63) is 41.7 Å². The molecule has 0 N–H and O–H groups in total. The van der Waals surface area contributed by atoms with E-state index in [2.05, 4.69) is 10.2 Å². The molecule has 1 atom stereocenters. The predicted molar refractivity (Wildman–Crippen MR) is 87.0 cm³/mol. The first-order chi connectivity index (χ1) is 12.0. The Hall–Kier alpha value is -2.77. The molecule has 1 fully saturated rings. The van der Waals surface area contributed by atoms with Gasteiger partial charge in [0, 0.05) is 25.3 Å². The van der Waals surface area contributed by atoms with Crippen LogP contribution in [0.15, 0.2) is 24.3 Å². The molecule has 0 spiro atoms. The molecule has 4 rings (SSSR count). The van der Waals surface area contributed by atoms with Crippen LogP contribution in [-0.4, -0.2) is 44.6 Å². The third-order valence-corrected chi connectivity index (χ3v) is 4.89. The number of nitrogens with zero attached hydrogens (tertiary/aromatic N) is 5. The Morgan fingerprint density at radius 1 is 1.16 bits per heavy atom. The van der Waals surface area contributed by atoms with E-state index < -0.39 is 5.92 Å². The number of carbonyl (C=O) groups is 2. The molecule has 0 bridgehead atoms. The van der Waals surface area contributed by atoms with Crippen molar-refractivity contribution in [1.29, 1.82) is 0 Å². The summed E-state index contributed by atoms with van der Waals surface area (Å²) in [5.74, 6) is 0.164. The zero-order chi connectivity index (χ0) is 17.6. The summed E-state index contributed by atoms with van der Waals surface area (Å²) in [6, 6.07) is 5.76. The van der Waals surface area contributed by atoms with Crippen LogP contribution in [0.4, 0.5) is 10.1 Å². The first-order valence-corrected chi connectivity index (χ1v) is 8.29. The number of halogens is 1. The molecule has 2 amide bonds. The zero-order valence-electron chi connectivity index (χ0n) is 13.9. The van der Waals surface area contributed by atoms with E-state index in [1.54, 1.807) is 21.9 Å². The average Bonchev–Trinajstić information content (AvgIpc) is 3.18. The largest absolute Gasteiger partial charge is 0.333 e. The van der Waals surface area contributed by atoms with E-state index in [9.17, 15) is 14.0 Å². The van der Waals surface area contributed by atoms with Crippen molar-refractivity contribution >= 4 is 17.5 Å². The summed E-state index contributed by atoms with van der Waals surface area (Å²) in [5.41, 5.74) is 0.621. The Balaban J connectivity index is 1.48. The van der Waals surface area contributed by atoms with Gasteiger partial charge in [-0.3, -0.25) is 9.59 Å². The highest BCUT2D eigenvalue weighted by atomic mass is 19.1. The van der Waals surface area contributed by atoms with Gasteiger partial charge in [-0.2, -0.15) is 0 Å². The number of hydrogen-bond acceptors (Lipinski definition) is 4. The van der Waals surface area contributed by atoms with Gasteiger partial charge in [-0.15, -0.1) is 10.2 Å². The highest BCUT2D eigenvalue weighted by Crippen LogP contribution is 2.27. The van der Waals surface area contributed by atoms with Gasteiger partial charge in [0.25, 0.3) is 0 Å². The Labute approximate surface area is 144 Å². The summed E-state index contributed by atoms with van der Waals surface area (Å²) in [5, 5.41) is 8.13. The summed E-state index contributed by atoms with van der Waals surface area (Å²) >= 11 is 0. The van der Waals surface area contributed by atoms with Crippen LogP contribution < -0.4 is 4.90 Å². The quantitative estimate of drug-likeness (QED) is 0.766. The fourth-order valence-corrected chi connectivity index (χ4v) is 3.50. The molecule has 2 aliphatic heterocycles. The fourth-order valence-electron chi connectivity index (χ4n) is 3.50. The topological polar surface area (TPSA) is 71.3 Å². The van der Waals surface area contributed by atoms with Crippen molar-refractivity contribution < 1.29 is 14.0 Å². The van der Waals surface area contributed by atoms with E-state index in [1.165, 1.54) is 12.1 Å². The lowest BCUT2D eigenvalue weighted by molar-refractivity contribution is -0.141. The summed E-state index contributed by atoms with van der Waals surface area (Å²) in [6.45, 7) is 3.91. The van der Waals surface area contributed by atoms with Crippen molar-refractivity contribution in [2.75, 3.05) is 18.0 Å². The van der Waals surface area contributed by atoms with E-state index in [-0.39, 0.29) is 17.6 Å². The molecule has 2 aromatic rings. The number of hydrogen-bond donors (Lipinski definition) is 0. The Bertz CT molecular complexity index is 832. The average molecular weight is 343 g/mol. The molecular weight excluding hydrogens is 325 g/mol. The molecule has 130 valence electrons. The van der Waals surface area contributed by atoms with Crippen LogP contribution in [0.5, 0.6) is 0 Å². The van der Waals surface area contributed by atoms with Crippen LogP contribution in [0, 0.1) is 18.7 Å². The van der Waals surface area contributed by atoms with Crippen molar-refractivity contribution in [3.8, 4) is 0 Å². The lowest BCUT2D eigenvalue weighted by atomic mass is 10.1. The van der Waals surface area contributed by atoms with Crippen LogP contribution in [-0.2, 0) is 22.7 Å². The van der Waals surface area contributed by atoms with Gasteiger partial charge in [-0.25, -0.2) is 4.39 Å². The highest BCUT2D eigenvalue weighted by Gasteiger charge is 2.40. The number of carbonyl (C=O) groups excluding carboxylic acids is 2. The van der Waals surface area contributed by atoms with Gasteiger partial charge in [0.15, 0.2) is 5.82 Å². The third kappa shape index (κ3) is 2.67. The van der Waals surface area contributed by atoms with Crippen molar-refractivity contribution in [3.63, 3.8) is 0 Å². The monoisotopic (exact) mass is 343 g/mol. The number of amides is 2. The van der Waals surface area contributed by atoms with E-state index in [0.717, 1.165) is 11.6 Å². The Morgan fingerprint density at radius 2 is 1.92 bits per heavy atom. The lowest BCUT2D eigenvalue weighted by Crippen LogP contribution is -2.44. The second-order valence-electron chi connectivity index (χ2n) is 6.38. The van der Waals surface area contributed by atoms with Crippen LogP contribution in [0.2, 0.25) is 0 Å². The molecule has 7 nitrogen and oxygen atoms in total. The Morgan fingerprint density at radius 3 is 2.68 bits per heavy atom. The van der Waals surface area contributed by atoms with Crippen LogP contribution in [0.1, 0.15) is 18.1 Å². The zero-order valence-corrected chi connectivity index (χ0v) is 13.9. The minimum Gasteiger partial charge on any atom is -0.333 e. The summed E-state index contributed by atoms with van der Waals surface area (Å²) < 4.78 is 15.1. The first kappa shape index (κ1) is 15.7. The van der Waals surface area contributed by atoms with E-state index >= 15 is 0 Å². The maximum Gasteiger partial charge on any atom is 0.239 e. The maximum absolute atomic E-state index is 13.1. The molecule has 1 unspecified atom stereocenters. The van der Waals surface area contributed by atoms with E-state index in [0.29, 0.717) is 38.3 Å². The number of aryl methyl sites for hydroxylation is 1. The van der Waals surface area contributed by atoms with Gasteiger partial charge in [0.05, 0.1) is 6.54 Å². The minimum atomic E-state index is -0.680. The molecule has 0 radical (unpaired) electrons. The normalized spacial score (nSPS) is 20.1. The van der Waals surface area contributed by atoms with E-state index in [4.69, 9.17) is 0 Å². The Kier molecular flexibility index (Phi) is 3.74. The molecular formula is C17H18FN5O2. The van der Waals surface area contributed by atoms with Gasteiger partial charge < -0.3 is 14.4 Å². The molecule has 3 heterocycles. The third-order valence-electron chi connectivity index (χ3n) is 4.89. The molecule has 0 saturated carbocycles. The second kappa shape index (κ2) is 5.94. The van der Waals surface area contributed by atoms with Crippen molar-refractivity contribution in [2.24, 2.45) is 5.92 Å². The van der Waals surface area contributed by atoms with Crippen LogP contribution in [0.3, 0.4) is 0 Å². The fraction of sp³-hybridized carbons (Fsp3) is 0.412. The molecule has 1 aromatic carbocycles. The predicted octanol–water partition coefficient (Wildman–Crippen LogP) is 1.12. The number of anilines is 1. The standard InChI is InChI=1S/C17H18FN5O2/c1-11-19-20-15-10-21(8-9-22(11)15)16(24)14-6-7-23(17(14)25)13-4-2-12(18)3-5-13/h2-5,14H,6-10H2,1H3. The molecule has 25 heavy (non-hydrogen) atoms.